The monoisotopic (exact) mass is 258 g/mol. The van der Waals surface area contributed by atoms with Gasteiger partial charge in [-0.05, 0) is 25.7 Å². The SMILES string of the molecule is CC(O)C1CCN(C(=O)N(C)CCC(=O)O)CC1. The Morgan fingerprint density at radius 3 is 2.39 bits per heavy atom. The van der Waals surface area contributed by atoms with Gasteiger partial charge < -0.3 is 20.0 Å². The number of amides is 2. The van der Waals surface area contributed by atoms with Gasteiger partial charge in [0.2, 0.25) is 0 Å². The van der Waals surface area contributed by atoms with Crippen molar-refractivity contribution in [1.82, 2.24) is 9.80 Å². The lowest BCUT2D eigenvalue weighted by atomic mass is 9.92. The van der Waals surface area contributed by atoms with Crippen molar-refractivity contribution in [2.75, 3.05) is 26.7 Å². The predicted molar refractivity (Wildman–Crippen MR) is 66.3 cm³/mol. The molecular formula is C12H22N2O4. The summed E-state index contributed by atoms with van der Waals surface area (Å²) in [5.74, 6) is -0.638. The molecule has 0 aromatic rings. The van der Waals surface area contributed by atoms with Crippen LogP contribution in [-0.4, -0.2) is 64.8 Å². The van der Waals surface area contributed by atoms with Gasteiger partial charge in [0.05, 0.1) is 12.5 Å². The molecule has 1 rings (SSSR count). The van der Waals surface area contributed by atoms with E-state index in [9.17, 15) is 14.7 Å². The Kier molecular flexibility index (Phi) is 5.40. The van der Waals surface area contributed by atoms with E-state index in [1.807, 2.05) is 0 Å². The summed E-state index contributed by atoms with van der Waals surface area (Å²) in [5.41, 5.74) is 0. The zero-order valence-corrected chi connectivity index (χ0v) is 11.0. The average Bonchev–Trinajstić information content (AvgIpc) is 2.35. The topological polar surface area (TPSA) is 81.1 Å². The summed E-state index contributed by atoms with van der Waals surface area (Å²) in [7, 11) is 1.62. The van der Waals surface area contributed by atoms with Gasteiger partial charge in [0, 0.05) is 26.7 Å². The number of aliphatic hydroxyl groups is 1. The zero-order chi connectivity index (χ0) is 13.7. The van der Waals surface area contributed by atoms with Gasteiger partial charge in [-0.15, -0.1) is 0 Å². The van der Waals surface area contributed by atoms with Gasteiger partial charge >= 0.3 is 12.0 Å². The van der Waals surface area contributed by atoms with Gasteiger partial charge in [-0.3, -0.25) is 4.79 Å². The number of carboxylic acid groups (broad SMARTS) is 1. The molecule has 6 heteroatoms. The largest absolute Gasteiger partial charge is 0.481 e. The average molecular weight is 258 g/mol. The Morgan fingerprint density at radius 2 is 1.94 bits per heavy atom. The normalized spacial score (nSPS) is 18.5. The second-order valence-corrected chi connectivity index (χ2v) is 4.91. The molecule has 1 aliphatic rings. The Hall–Kier alpha value is -1.30. The lowest BCUT2D eigenvalue weighted by Gasteiger charge is -2.35. The van der Waals surface area contributed by atoms with E-state index in [0.717, 1.165) is 12.8 Å². The molecule has 2 N–H and O–H groups in total. The molecule has 1 atom stereocenters. The van der Waals surface area contributed by atoms with E-state index in [0.29, 0.717) is 13.1 Å². The number of carbonyl (C=O) groups is 2. The van der Waals surface area contributed by atoms with E-state index in [-0.39, 0.29) is 31.0 Å². The number of rotatable bonds is 4. The second-order valence-electron chi connectivity index (χ2n) is 4.91. The fourth-order valence-electron chi connectivity index (χ4n) is 2.17. The minimum atomic E-state index is -0.900. The molecule has 0 aromatic heterocycles. The van der Waals surface area contributed by atoms with Crippen LogP contribution in [0.5, 0.6) is 0 Å². The molecule has 0 saturated carbocycles. The molecule has 6 nitrogen and oxygen atoms in total. The van der Waals surface area contributed by atoms with Gasteiger partial charge in [0.25, 0.3) is 0 Å². The first-order valence-corrected chi connectivity index (χ1v) is 6.31. The Bertz CT molecular complexity index is 298. The van der Waals surface area contributed by atoms with E-state index >= 15 is 0 Å². The van der Waals surface area contributed by atoms with Crippen LogP contribution in [0.25, 0.3) is 0 Å². The van der Waals surface area contributed by atoms with Crippen LogP contribution in [0.4, 0.5) is 4.79 Å². The number of nitrogens with zero attached hydrogens (tertiary/aromatic N) is 2. The van der Waals surface area contributed by atoms with Crippen molar-refractivity contribution in [1.29, 1.82) is 0 Å². The summed E-state index contributed by atoms with van der Waals surface area (Å²) in [6, 6.07) is -0.125. The first-order chi connectivity index (χ1) is 8.41. The number of carboxylic acids is 1. The number of hydrogen-bond donors (Lipinski definition) is 2. The van der Waals surface area contributed by atoms with Crippen LogP contribution in [-0.2, 0) is 4.79 Å². The molecule has 1 unspecified atom stereocenters. The fourth-order valence-corrected chi connectivity index (χ4v) is 2.17. The number of likely N-dealkylation sites (tertiary alicyclic amines) is 1. The van der Waals surface area contributed by atoms with Crippen molar-refractivity contribution in [2.45, 2.75) is 32.3 Å². The maximum absolute atomic E-state index is 12.0. The minimum Gasteiger partial charge on any atom is -0.481 e. The Balaban J connectivity index is 2.37. The molecule has 1 aliphatic heterocycles. The van der Waals surface area contributed by atoms with Crippen molar-refractivity contribution in [3.05, 3.63) is 0 Å². The highest BCUT2D eigenvalue weighted by Crippen LogP contribution is 2.21. The standard InChI is InChI=1S/C12H22N2O4/c1-9(15)10-3-7-14(8-4-10)12(18)13(2)6-5-11(16)17/h9-10,15H,3-8H2,1-2H3,(H,16,17). The molecule has 0 bridgehead atoms. The molecule has 0 aromatic carbocycles. The van der Waals surface area contributed by atoms with Crippen LogP contribution in [0.3, 0.4) is 0 Å². The zero-order valence-electron chi connectivity index (χ0n) is 11.0. The van der Waals surface area contributed by atoms with Gasteiger partial charge in [-0.25, -0.2) is 4.79 Å². The van der Waals surface area contributed by atoms with Crippen molar-refractivity contribution in [2.24, 2.45) is 5.92 Å². The van der Waals surface area contributed by atoms with E-state index in [1.54, 1.807) is 18.9 Å². The van der Waals surface area contributed by atoms with Crippen molar-refractivity contribution in [3.8, 4) is 0 Å². The lowest BCUT2D eigenvalue weighted by molar-refractivity contribution is -0.137. The van der Waals surface area contributed by atoms with Crippen molar-refractivity contribution in [3.63, 3.8) is 0 Å². The van der Waals surface area contributed by atoms with Crippen molar-refractivity contribution < 1.29 is 19.8 Å². The number of piperidine rings is 1. The summed E-state index contributed by atoms with van der Waals surface area (Å²) in [5, 5.41) is 18.0. The van der Waals surface area contributed by atoms with Crippen LogP contribution in [0.1, 0.15) is 26.2 Å². The fraction of sp³-hybridized carbons (Fsp3) is 0.833. The third-order valence-electron chi connectivity index (χ3n) is 3.48. The quantitative estimate of drug-likeness (QED) is 0.774. The third-order valence-corrected chi connectivity index (χ3v) is 3.48. The molecule has 0 radical (unpaired) electrons. The number of aliphatic hydroxyl groups excluding tert-OH is 1. The minimum absolute atomic E-state index is 0.0353. The first kappa shape index (κ1) is 14.8. The summed E-state index contributed by atoms with van der Waals surface area (Å²) < 4.78 is 0. The molecular weight excluding hydrogens is 236 g/mol. The van der Waals surface area contributed by atoms with Gasteiger partial charge in [0.1, 0.15) is 0 Å². The molecule has 0 spiro atoms. The number of urea groups is 1. The van der Waals surface area contributed by atoms with Crippen LogP contribution >= 0.6 is 0 Å². The maximum atomic E-state index is 12.0. The lowest BCUT2D eigenvalue weighted by Crippen LogP contribution is -2.46. The molecule has 18 heavy (non-hydrogen) atoms. The molecule has 1 fully saturated rings. The van der Waals surface area contributed by atoms with Crippen LogP contribution in [0.15, 0.2) is 0 Å². The van der Waals surface area contributed by atoms with E-state index < -0.39 is 5.97 Å². The summed E-state index contributed by atoms with van der Waals surface area (Å²) in [4.78, 5) is 25.6. The molecule has 2 amide bonds. The second kappa shape index (κ2) is 6.58. The van der Waals surface area contributed by atoms with Gasteiger partial charge in [0.15, 0.2) is 0 Å². The number of hydrogen-bond acceptors (Lipinski definition) is 3. The van der Waals surface area contributed by atoms with Crippen LogP contribution in [0, 0.1) is 5.92 Å². The predicted octanol–water partition coefficient (Wildman–Crippen LogP) is 0.606. The van der Waals surface area contributed by atoms with E-state index in [4.69, 9.17) is 5.11 Å². The maximum Gasteiger partial charge on any atom is 0.319 e. The highest BCUT2D eigenvalue weighted by atomic mass is 16.4. The molecule has 1 saturated heterocycles. The summed E-state index contributed by atoms with van der Waals surface area (Å²) >= 11 is 0. The highest BCUT2D eigenvalue weighted by Gasteiger charge is 2.26. The van der Waals surface area contributed by atoms with Gasteiger partial charge in [-0.1, -0.05) is 0 Å². The number of carbonyl (C=O) groups excluding carboxylic acids is 1. The van der Waals surface area contributed by atoms with Crippen molar-refractivity contribution >= 4 is 12.0 Å². The number of aliphatic carboxylic acids is 1. The van der Waals surface area contributed by atoms with E-state index in [1.165, 1.54) is 4.90 Å². The Morgan fingerprint density at radius 1 is 1.39 bits per heavy atom. The first-order valence-electron chi connectivity index (χ1n) is 6.31. The smallest absolute Gasteiger partial charge is 0.319 e. The molecule has 104 valence electrons. The third kappa shape index (κ3) is 4.18. The molecule has 0 aliphatic carbocycles. The molecule has 1 heterocycles. The summed E-state index contributed by atoms with van der Waals surface area (Å²) in [6.07, 6.45) is 1.24. The summed E-state index contributed by atoms with van der Waals surface area (Å²) in [6.45, 7) is 3.27. The highest BCUT2D eigenvalue weighted by molar-refractivity contribution is 5.75. The van der Waals surface area contributed by atoms with Crippen LogP contribution < -0.4 is 0 Å². The Labute approximate surface area is 107 Å². The van der Waals surface area contributed by atoms with Gasteiger partial charge in [-0.2, -0.15) is 0 Å². The van der Waals surface area contributed by atoms with E-state index in [2.05, 4.69) is 0 Å². The van der Waals surface area contributed by atoms with Crippen LogP contribution in [0.2, 0.25) is 0 Å².